The maximum Gasteiger partial charge on any atom is 0.191 e. The average Bonchev–Trinajstić information content (AvgIpc) is 3.11. The van der Waals surface area contributed by atoms with Crippen LogP contribution in [0.25, 0.3) is 0 Å². The molecule has 2 aliphatic rings. The van der Waals surface area contributed by atoms with Crippen LogP contribution in [0, 0.1) is 5.82 Å². The number of rotatable bonds is 7. The first-order valence-electron chi connectivity index (χ1n) is 10.2. The number of likely N-dealkylation sites (tertiary alicyclic amines) is 1. The molecule has 1 aliphatic carbocycles. The number of nitrogens with one attached hydrogen (secondary N) is 2. The van der Waals surface area contributed by atoms with E-state index in [0.29, 0.717) is 0 Å². The number of guanidine groups is 1. The number of furan rings is 1. The monoisotopic (exact) mass is 512 g/mol. The van der Waals surface area contributed by atoms with E-state index in [0.717, 1.165) is 56.3 Å². The lowest BCUT2D eigenvalue weighted by atomic mass is 9.96. The lowest BCUT2D eigenvalue weighted by molar-refractivity contribution is 0.215. The van der Waals surface area contributed by atoms with E-state index in [2.05, 4.69) is 20.5 Å². The Morgan fingerprint density at radius 1 is 1.21 bits per heavy atom. The van der Waals surface area contributed by atoms with Crippen molar-refractivity contribution in [3.63, 3.8) is 0 Å². The second-order valence-electron chi connectivity index (χ2n) is 7.87. The standard InChI is InChI=1S/C22H29FN4O.HI/c1-24-21(26-16-22(9-10-22)17-6-4-7-18(23)14-17)25-15-19(20-8-5-13-28-20)27-11-2-3-12-27;/h4-8,13-14,19H,2-3,9-12,15-16H2,1H3,(H2,24,25,26);1H. The quantitative estimate of drug-likeness (QED) is 0.334. The summed E-state index contributed by atoms with van der Waals surface area (Å²) in [5.74, 6) is 1.60. The Kier molecular flexibility index (Phi) is 7.56. The molecular weight excluding hydrogens is 482 g/mol. The molecule has 5 nitrogen and oxygen atoms in total. The summed E-state index contributed by atoms with van der Waals surface area (Å²) >= 11 is 0. The van der Waals surface area contributed by atoms with E-state index in [1.807, 2.05) is 18.2 Å². The van der Waals surface area contributed by atoms with E-state index < -0.39 is 0 Å². The lowest BCUT2D eigenvalue weighted by Crippen LogP contribution is -2.44. The highest BCUT2D eigenvalue weighted by atomic mass is 127. The lowest BCUT2D eigenvalue weighted by Gasteiger charge is -2.27. The van der Waals surface area contributed by atoms with Crippen LogP contribution in [0.15, 0.2) is 52.1 Å². The molecule has 1 aromatic heterocycles. The molecule has 1 atom stereocenters. The summed E-state index contributed by atoms with van der Waals surface area (Å²) in [4.78, 5) is 6.85. The largest absolute Gasteiger partial charge is 0.468 e. The number of aliphatic imine (C=N–C) groups is 1. The summed E-state index contributed by atoms with van der Waals surface area (Å²) in [5, 5.41) is 6.91. The van der Waals surface area contributed by atoms with Gasteiger partial charge >= 0.3 is 0 Å². The molecule has 0 spiro atoms. The number of hydrogen-bond donors (Lipinski definition) is 2. The molecule has 1 saturated carbocycles. The molecule has 1 aliphatic heterocycles. The normalized spacial score (nSPS) is 19.4. The Bertz CT molecular complexity index is 801. The minimum absolute atomic E-state index is 0. The molecule has 1 aromatic carbocycles. The third-order valence-corrected chi connectivity index (χ3v) is 6.02. The van der Waals surface area contributed by atoms with Crippen LogP contribution >= 0.6 is 24.0 Å². The van der Waals surface area contributed by atoms with E-state index >= 15 is 0 Å². The number of hydrogen-bond acceptors (Lipinski definition) is 3. The topological polar surface area (TPSA) is 52.8 Å². The van der Waals surface area contributed by atoms with Crippen molar-refractivity contribution in [1.29, 1.82) is 0 Å². The van der Waals surface area contributed by atoms with E-state index in [-0.39, 0.29) is 41.3 Å². The highest BCUT2D eigenvalue weighted by Crippen LogP contribution is 2.47. The predicted octanol–water partition coefficient (Wildman–Crippen LogP) is 4.07. The summed E-state index contributed by atoms with van der Waals surface area (Å²) in [5.41, 5.74) is 1.09. The van der Waals surface area contributed by atoms with E-state index in [1.54, 1.807) is 25.4 Å². The first kappa shape index (κ1) is 22.1. The summed E-state index contributed by atoms with van der Waals surface area (Å²) in [6, 6.07) is 11.2. The SMILES string of the molecule is CN=C(NCC(c1ccco1)N1CCCC1)NCC1(c2cccc(F)c2)CC1.I. The van der Waals surface area contributed by atoms with Crippen molar-refractivity contribution in [2.45, 2.75) is 37.1 Å². The molecule has 1 unspecified atom stereocenters. The van der Waals surface area contributed by atoms with E-state index in [4.69, 9.17) is 4.42 Å². The van der Waals surface area contributed by atoms with Gasteiger partial charge in [-0.3, -0.25) is 9.89 Å². The molecule has 0 radical (unpaired) electrons. The Morgan fingerprint density at radius 3 is 2.62 bits per heavy atom. The summed E-state index contributed by atoms with van der Waals surface area (Å²) in [6.45, 7) is 3.69. The van der Waals surface area contributed by atoms with Gasteiger partial charge in [0.05, 0.1) is 12.3 Å². The zero-order chi connectivity index (χ0) is 19.4. The van der Waals surface area contributed by atoms with Gasteiger partial charge in [-0.15, -0.1) is 24.0 Å². The second-order valence-corrected chi connectivity index (χ2v) is 7.87. The molecule has 158 valence electrons. The van der Waals surface area contributed by atoms with Crippen LogP contribution in [-0.4, -0.2) is 44.1 Å². The van der Waals surface area contributed by atoms with Gasteiger partial charge in [-0.25, -0.2) is 4.39 Å². The summed E-state index contributed by atoms with van der Waals surface area (Å²) in [6.07, 6.45) is 6.36. The van der Waals surface area contributed by atoms with E-state index in [1.165, 1.54) is 18.9 Å². The minimum Gasteiger partial charge on any atom is -0.468 e. The van der Waals surface area contributed by atoms with Gasteiger partial charge in [0.2, 0.25) is 0 Å². The van der Waals surface area contributed by atoms with Gasteiger partial charge in [0.1, 0.15) is 11.6 Å². The highest BCUT2D eigenvalue weighted by Gasteiger charge is 2.44. The third-order valence-electron chi connectivity index (χ3n) is 6.02. The number of halogens is 2. The fraction of sp³-hybridized carbons (Fsp3) is 0.500. The van der Waals surface area contributed by atoms with Crippen LogP contribution in [0.1, 0.15) is 43.0 Å². The van der Waals surface area contributed by atoms with Crippen molar-refractivity contribution in [2.24, 2.45) is 4.99 Å². The van der Waals surface area contributed by atoms with Gasteiger partial charge in [-0.2, -0.15) is 0 Å². The van der Waals surface area contributed by atoms with Crippen molar-refractivity contribution in [3.05, 3.63) is 59.8 Å². The summed E-state index contributed by atoms with van der Waals surface area (Å²) < 4.78 is 19.3. The zero-order valence-electron chi connectivity index (χ0n) is 16.9. The van der Waals surface area contributed by atoms with E-state index in [9.17, 15) is 4.39 Å². The molecule has 4 rings (SSSR count). The first-order valence-corrected chi connectivity index (χ1v) is 10.2. The molecule has 7 heteroatoms. The van der Waals surface area contributed by atoms with Crippen LogP contribution in [0.4, 0.5) is 4.39 Å². The van der Waals surface area contributed by atoms with Crippen molar-refractivity contribution < 1.29 is 8.81 Å². The van der Waals surface area contributed by atoms with Gasteiger partial charge in [0.15, 0.2) is 5.96 Å². The molecule has 2 aromatic rings. The zero-order valence-corrected chi connectivity index (χ0v) is 19.2. The smallest absolute Gasteiger partial charge is 0.191 e. The molecule has 0 bridgehead atoms. The molecule has 2 N–H and O–H groups in total. The maximum atomic E-state index is 13.6. The van der Waals surface area contributed by atoms with Crippen molar-refractivity contribution >= 4 is 29.9 Å². The Balaban J connectivity index is 0.00000240. The van der Waals surface area contributed by atoms with Crippen LogP contribution in [0.5, 0.6) is 0 Å². The van der Waals surface area contributed by atoms with Gasteiger partial charge in [-0.1, -0.05) is 12.1 Å². The van der Waals surface area contributed by atoms with Crippen molar-refractivity contribution in [1.82, 2.24) is 15.5 Å². The summed E-state index contributed by atoms with van der Waals surface area (Å²) in [7, 11) is 1.79. The van der Waals surface area contributed by atoms with Gasteiger partial charge in [-0.05, 0) is 68.6 Å². The highest BCUT2D eigenvalue weighted by molar-refractivity contribution is 14.0. The van der Waals surface area contributed by atoms with Crippen LogP contribution in [-0.2, 0) is 5.41 Å². The minimum atomic E-state index is -0.168. The second kappa shape index (κ2) is 9.93. The molecule has 1 saturated heterocycles. The first-order chi connectivity index (χ1) is 13.7. The molecule has 29 heavy (non-hydrogen) atoms. The average molecular weight is 512 g/mol. The van der Waals surface area contributed by atoms with Crippen LogP contribution in [0.3, 0.4) is 0 Å². The molecular formula is C22H30FIN4O. The maximum absolute atomic E-state index is 13.6. The molecule has 2 heterocycles. The number of nitrogens with zero attached hydrogens (tertiary/aromatic N) is 2. The molecule has 0 amide bonds. The van der Waals surface area contributed by atoms with Gasteiger partial charge in [0.25, 0.3) is 0 Å². The van der Waals surface area contributed by atoms with Gasteiger partial charge < -0.3 is 15.1 Å². The Labute approximate surface area is 189 Å². The van der Waals surface area contributed by atoms with Crippen molar-refractivity contribution in [2.75, 3.05) is 33.2 Å². The Morgan fingerprint density at radius 2 is 2.00 bits per heavy atom. The fourth-order valence-corrected chi connectivity index (χ4v) is 4.15. The third kappa shape index (κ3) is 5.31. The molecule has 2 fully saturated rings. The van der Waals surface area contributed by atoms with Gasteiger partial charge in [0, 0.05) is 25.6 Å². The van der Waals surface area contributed by atoms with Crippen LogP contribution in [0.2, 0.25) is 0 Å². The fourth-order valence-electron chi connectivity index (χ4n) is 4.15. The Hall–Kier alpha value is -1.61. The van der Waals surface area contributed by atoms with Crippen molar-refractivity contribution in [3.8, 4) is 0 Å². The predicted molar refractivity (Wildman–Crippen MR) is 124 cm³/mol. The number of benzene rings is 1. The van der Waals surface area contributed by atoms with Crippen LogP contribution < -0.4 is 10.6 Å².